The van der Waals surface area contributed by atoms with Crippen molar-refractivity contribution < 1.29 is 0 Å². The molecule has 0 radical (unpaired) electrons. The van der Waals surface area contributed by atoms with Crippen molar-refractivity contribution in [2.45, 2.75) is 5.92 Å². The fraction of sp³-hybridized carbons (Fsp3) is 0.143. The Kier molecular flexibility index (Phi) is 6.19. The van der Waals surface area contributed by atoms with Gasteiger partial charge in [0.1, 0.15) is 0 Å². The molecule has 0 nitrogen and oxygen atoms in total. The third-order valence-corrected chi connectivity index (χ3v) is 5.94. The molecule has 0 aromatic heterocycles. The molecule has 0 N–H and O–H groups in total. The van der Waals surface area contributed by atoms with Crippen molar-refractivity contribution in [2.24, 2.45) is 0 Å². The topological polar surface area (TPSA) is 0 Å². The zero-order valence-corrected chi connectivity index (χ0v) is 17.1. The maximum Gasteiger partial charge on any atom is -0.00928 e. The van der Waals surface area contributed by atoms with Gasteiger partial charge in [-0.05, 0) is 51.4 Å². The minimum atomic E-state index is 0.608. The normalized spacial score (nSPS) is 11.0. The zero-order valence-electron chi connectivity index (χ0n) is 13.7. The van der Waals surface area contributed by atoms with Gasteiger partial charge in [0.2, 0.25) is 0 Å². The predicted molar refractivity (Wildman–Crippen MR) is 119 cm³/mol. The fourth-order valence-electron chi connectivity index (χ4n) is 2.85. The molecule has 0 saturated carbocycles. The van der Waals surface area contributed by atoms with Gasteiger partial charge in [0, 0.05) is 0 Å². The molecular formula is C21H23P3. The van der Waals surface area contributed by atoms with E-state index in [1.54, 1.807) is 0 Å². The highest BCUT2D eigenvalue weighted by Crippen LogP contribution is 2.27. The second-order valence-corrected chi connectivity index (χ2v) is 7.60. The summed E-state index contributed by atoms with van der Waals surface area (Å²) in [4.78, 5) is 0. The molecule has 0 aliphatic heterocycles. The van der Waals surface area contributed by atoms with E-state index in [1.165, 1.54) is 33.1 Å². The third kappa shape index (κ3) is 4.13. The van der Waals surface area contributed by atoms with E-state index < -0.39 is 0 Å². The molecule has 0 heterocycles. The van der Waals surface area contributed by atoms with Gasteiger partial charge < -0.3 is 0 Å². The molecule has 0 aliphatic rings. The first-order valence-corrected chi connectivity index (χ1v) is 10.4. The summed E-state index contributed by atoms with van der Waals surface area (Å²) in [6, 6.07) is 26.4. The van der Waals surface area contributed by atoms with Crippen LogP contribution in [0.1, 0.15) is 11.5 Å². The van der Waals surface area contributed by atoms with Crippen LogP contribution in [0.15, 0.2) is 72.8 Å². The summed E-state index contributed by atoms with van der Waals surface area (Å²) < 4.78 is 0. The smallest absolute Gasteiger partial charge is 0.00928 e. The lowest BCUT2D eigenvalue weighted by atomic mass is 9.97. The standard InChI is InChI=1S/C21H23P3/c22-13-20(14-23)19-7-5-16(6-8-19)15-1-3-17(4-2-15)18-9-11-21(24)12-10-18/h1-12,20H,13-14,22-24H2. The van der Waals surface area contributed by atoms with Crippen LogP contribution in [0.3, 0.4) is 0 Å². The van der Waals surface area contributed by atoms with E-state index in [1.807, 2.05) is 0 Å². The number of benzene rings is 3. The van der Waals surface area contributed by atoms with Gasteiger partial charge in [-0.2, -0.15) is 0 Å². The van der Waals surface area contributed by atoms with E-state index in [2.05, 4.69) is 101 Å². The van der Waals surface area contributed by atoms with E-state index >= 15 is 0 Å². The maximum atomic E-state index is 2.85. The molecule has 3 atom stereocenters. The second-order valence-electron chi connectivity index (χ2n) is 5.99. The van der Waals surface area contributed by atoms with Crippen molar-refractivity contribution in [1.82, 2.24) is 0 Å². The Bertz CT molecular complexity index is 771. The van der Waals surface area contributed by atoms with Crippen LogP contribution in [0.5, 0.6) is 0 Å². The van der Waals surface area contributed by atoms with Crippen LogP contribution in [0, 0.1) is 0 Å². The monoisotopic (exact) mass is 368 g/mol. The van der Waals surface area contributed by atoms with Gasteiger partial charge in [-0.1, -0.05) is 72.8 Å². The Morgan fingerprint density at radius 1 is 0.542 bits per heavy atom. The van der Waals surface area contributed by atoms with Crippen LogP contribution in [0.2, 0.25) is 0 Å². The van der Waals surface area contributed by atoms with Crippen LogP contribution < -0.4 is 5.30 Å². The molecule has 3 aromatic carbocycles. The van der Waals surface area contributed by atoms with Crippen LogP contribution in [0.25, 0.3) is 22.3 Å². The molecule has 3 rings (SSSR count). The minimum Gasteiger partial charge on any atom is -0.137 e. The van der Waals surface area contributed by atoms with E-state index in [9.17, 15) is 0 Å². The third-order valence-electron chi connectivity index (χ3n) is 4.41. The SMILES string of the molecule is PCC(CP)c1ccc(-c2ccc(-c3ccc(P)cc3)cc2)cc1. The molecule has 122 valence electrons. The van der Waals surface area contributed by atoms with Crippen molar-refractivity contribution in [3.05, 3.63) is 78.4 Å². The Labute approximate surface area is 152 Å². The van der Waals surface area contributed by atoms with Gasteiger partial charge in [0.25, 0.3) is 0 Å². The Morgan fingerprint density at radius 3 is 1.25 bits per heavy atom. The van der Waals surface area contributed by atoms with Gasteiger partial charge in [-0.3, -0.25) is 0 Å². The summed E-state index contributed by atoms with van der Waals surface area (Å²) in [5.41, 5.74) is 6.47. The molecule has 0 amide bonds. The van der Waals surface area contributed by atoms with Crippen LogP contribution >= 0.6 is 27.7 Å². The van der Waals surface area contributed by atoms with Crippen molar-refractivity contribution >= 4 is 33.0 Å². The van der Waals surface area contributed by atoms with E-state index in [0.29, 0.717) is 5.92 Å². The van der Waals surface area contributed by atoms with Gasteiger partial charge in [0.15, 0.2) is 0 Å². The molecule has 0 saturated heterocycles. The summed E-state index contributed by atoms with van der Waals surface area (Å²) in [5, 5.41) is 1.21. The highest BCUT2D eigenvalue weighted by Gasteiger charge is 2.07. The molecule has 0 bridgehead atoms. The number of hydrogen-bond acceptors (Lipinski definition) is 0. The zero-order chi connectivity index (χ0) is 16.9. The van der Waals surface area contributed by atoms with Crippen LogP contribution in [-0.4, -0.2) is 12.3 Å². The Balaban J connectivity index is 1.81. The second kappa shape index (κ2) is 8.36. The first-order chi connectivity index (χ1) is 11.7. The maximum absolute atomic E-state index is 2.85. The van der Waals surface area contributed by atoms with Crippen LogP contribution in [-0.2, 0) is 0 Å². The lowest BCUT2D eigenvalue weighted by molar-refractivity contribution is 0.896. The average Bonchev–Trinajstić information content (AvgIpc) is 2.64. The molecule has 0 spiro atoms. The lowest BCUT2D eigenvalue weighted by Gasteiger charge is -2.13. The summed E-state index contributed by atoms with van der Waals surface area (Å²) >= 11 is 0. The predicted octanol–water partition coefficient (Wildman–Crippen LogP) is 5.35. The molecule has 0 fully saturated rings. The van der Waals surface area contributed by atoms with E-state index in [4.69, 9.17) is 0 Å². The minimum absolute atomic E-state index is 0.608. The summed E-state index contributed by atoms with van der Waals surface area (Å²) in [7, 11) is 8.43. The highest BCUT2D eigenvalue weighted by molar-refractivity contribution is 7.27. The van der Waals surface area contributed by atoms with E-state index in [-0.39, 0.29) is 0 Å². The molecular weight excluding hydrogens is 345 g/mol. The van der Waals surface area contributed by atoms with Gasteiger partial charge >= 0.3 is 0 Å². The van der Waals surface area contributed by atoms with Crippen molar-refractivity contribution in [3.8, 4) is 22.3 Å². The van der Waals surface area contributed by atoms with Crippen molar-refractivity contribution in [1.29, 1.82) is 0 Å². The fourth-order valence-corrected chi connectivity index (χ4v) is 4.35. The van der Waals surface area contributed by atoms with Gasteiger partial charge in [0.05, 0.1) is 0 Å². The van der Waals surface area contributed by atoms with E-state index in [0.717, 1.165) is 12.3 Å². The summed E-state index contributed by atoms with van der Waals surface area (Å²) in [5.74, 6) is 0.608. The number of hydrogen-bond donors (Lipinski definition) is 0. The molecule has 3 heteroatoms. The van der Waals surface area contributed by atoms with Crippen LogP contribution in [0.4, 0.5) is 0 Å². The highest BCUT2D eigenvalue weighted by atomic mass is 31.0. The molecule has 0 aliphatic carbocycles. The van der Waals surface area contributed by atoms with Crippen molar-refractivity contribution in [2.75, 3.05) is 12.3 Å². The summed E-state index contributed by atoms with van der Waals surface area (Å²) in [6.45, 7) is 0. The van der Waals surface area contributed by atoms with Gasteiger partial charge in [-0.15, -0.1) is 27.7 Å². The summed E-state index contributed by atoms with van der Waals surface area (Å²) in [6.07, 6.45) is 2.21. The average molecular weight is 368 g/mol. The Morgan fingerprint density at radius 2 is 0.875 bits per heavy atom. The molecule has 3 unspecified atom stereocenters. The van der Waals surface area contributed by atoms with Gasteiger partial charge in [-0.25, -0.2) is 0 Å². The molecule has 24 heavy (non-hydrogen) atoms. The largest absolute Gasteiger partial charge is 0.137 e. The number of rotatable bonds is 5. The molecule has 3 aromatic rings. The lowest BCUT2D eigenvalue weighted by Crippen LogP contribution is -2.00. The first-order valence-electron chi connectivity index (χ1n) is 8.17. The quantitative estimate of drug-likeness (QED) is 0.532. The Hall–Kier alpha value is -1.05. The van der Waals surface area contributed by atoms with Crippen molar-refractivity contribution in [3.63, 3.8) is 0 Å². The first kappa shape index (κ1) is 17.8.